The molecule has 110 valence electrons. The first kappa shape index (κ1) is 14.6. The molecule has 0 aromatic heterocycles. The molecule has 0 aromatic carbocycles. The first-order valence-corrected chi connectivity index (χ1v) is 6.55. The van der Waals surface area contributed by atoms with Crippen LogP contribution in [0.2, 0.25) is 0 Å². The first-order chi connectivity index (χ1) is 8.72. The van der Waals surface area contributed by atoms with Gasteiger partial charge in [-0.05, 0) is 38.6 Å². The quantitative estimate of drug-likeness (QED) is 0.806. The van der Waals surface area contributed by atoms with Crippen molar-refractivity contribution in [2.75, 3.05) is 13.1 Å². The van der Waals surface area contributed by atoms with Crippen molar-refractivity contribution in [3.8, 4) is 0 Å². The molecule has 1 saturated carbocycles. The highest BCUT2D eigenvalue weighted by Gasteiger charge is 2.47. The summed E-state index contributed by atoms with van der Waals surface area (Å²) >= 11 is 0. The Morgan fingerprint density at radius 2 is 2.05 bits per heavy atom. The highest BCUT2D eigenvalue weighted by atomic mass is 19.4. The number of nitrogens with zero attached hydrogens (tertiary/aromatic N) is 1. The van der Waals surface area contributed by atoms with Crippen molar-refractivity contribution in [2.24, 2.45) is 11.7 Å². The predicted molar refractivity (Wildman–Crippen MR) is 62.5 cm³/mol. The number of hydrogen-bond donors (Lipinski definition) is 2. The third-order valence-electron chi connectivity index (χ3n) is 4.39. The third-order valence-corrected chi connectivity index (χ3v) is 4.39. The standard InChI is InChI=1S/C12H19F3N2O2/c13-12(14,15)8-3-5-17(7-8)9-2-1-4-11(16,6-9)10(18)19/h8-9H,1-7,16H2,(H,18,19). The van der Waals surface area contributed by atoms with Crippen molar-refractivity contribution in [3.05, 3.63) is 0 Å². The number of halogens is 3. The van der Waals surface area contributed by atoms with E-state index in [9.17, 15) is 18.0 Å². The highest BCUT2D eigenvalue weighted by molar-refractivity contribution is 5.78. The van der Waals surface area contributed by atoms with Crippen molar-refractivity contribution < 1.29 is 23.1 Å². The Labute approximate surface area is 109 Å². The van der Waals surface area contributed by atoms with Crippen molar-refractivity contribution in [1.82, 2.24) is 4.90 Å². The van der Waals surface area contributed by atoms with Gasteiger partial charge in [-0.2, -0.15) is 13.2 Å². The minimum Gasteiger partial charge on any atom is -0.480 e. The van der Waals surface area contributed by atoms with E-state index < -0.39 is 23.6 Å². The van der Waals surface area contributed by atoms with E-state index in [0.29, 0.717) is 19.4 Å². The fraction of sp³-hybridized carbons (Fsp3) is 0.917. The van der Waals surface area contributed by atoms with Crippen LogP contribution in [-0.4, -0.2) is 46.8 Å². The smallest absolute Gasteiger partial charge is 0.393 e. The number of rotatable bonds is 2. The van der Waals surface area contributed by atoms with Gasteiger partial charge >= 0.3 is 12.1 Å². The monoisotopic (exact) mass is 280 g/mol. The number of alkyl halides is 3. The lowest BCUT2D eigenvalue weighted by molar-refractivity contribution is -0.171. The number of aliphatic carboxylic acids is 1. The van der Waals surface area contributed by atoms with Crippen molar-refractivity contribution in [2.45, 2.75) is 49.9 Å². The third kappa shape index (κ3) is 3.02. The molecule has 1 saturated heterocycles. The molecule has 4 nitrogen and oxygen atoms in total. The minimum atomic E-state index is -4.16. The summed E-state index contributed by atoms with van der Waals surface area (Å²) in [6, 6.07) is -0.137. The largest absolute Gasteiger partial charge is 0.480 e. The fourth-order valence-electron chi connectivity index (χ4n) is 3.17. The molecule has 0 radical (unpaired) electrons. The summed E-state index contributed by atoms with van der Waals surface area (Å²) in [6.07, 6.45) is -2.03. The van der Waals surface area contributed by atoms with Crippen LogP contribution in [0.3, 0.4) is 0 Å². The molecule has 2 rings (SSSR count). The summed E-state index contributed by atoms with van der Waals surface area (Å²) in [5, 5.41) is 9.12. The Morgan fingerprint density at radius 1 is 1.37 bits per heavy atom. The molecule has 0 bridgehead atoms. The van der Waals surface area contributed by atoms with Gasteiger partial charge in [0.1, 0.15) is 5.54 Å². The van der Waals surface area contributed by atoms with E-state index in [-0.39, 0.29) is 25.4 Å². The van der Waals surface area contributed by atoms with Crippen molar-refractivity contribution in [1.29, 1.82) is 0 Å². The van der Waals surface area contributed by atoms with Gasteiger partial charge in [0.05, 0.1) is 5.92 Å². The lowest BCUT2D eigenvalue weighted by atomic mass is 9.79. The number of carboxylic acids is 1. The SMILES string of the molecule is NC1(C(=O)O)CCCC(N2CCC(C(F)(F)F)C2)C1. The molecule has 7 heteroatoms. The molecule has 1 heterocycles. The Morgan fingerprint density at radius 3 is 2.58 bits per heavy atom. The van der Waals surface area contributed by atoms with Crippen LogP contribution >= 0.6 is 0 Å². The molecule has 3 unspecified atom stereocenters. The number of hydrogen-bond acceptors (Lipinski definition) is 3. The summed E-state index contributed by atoms with van der Waals surface area (Å²) < 4.78 is 37.9. The van der Waals surface area contributed by atoms with E-state index in [1.54, 1.807) is 4.90 Å². The maximum Gasteiger partial charge on any atom is 0.393 e. The number of nitrogens with two attached hydrogens (primary N) is 1. The van der Waals surface area contributed by atoms with Crippen LogP contribution in [-0.2, 0) is 4.79 Å². The zero-order chi connectivity index (χ0) is 14.3. The molecule has 0 spiro atoms. The van der Waals surface area contributed by atoms with Gasteiger partial charge < -0.3 is 10.8 Å². The summed E-state index contributed by atoms with van der Waals surface area (Å²) in [5.41, 5.74) is 4.55. The maximum atomic E-state index is 12.6. The zero-order valence-corrected chi connectivity index (χ0v) is 10.6. The van der Waals surface area contributed by atoms with E-state index >= 15 is 0 Å². The second kappa shape index (κ2) is 4.94. The average molecular weight is 280 g/mol. The van der Waals surface area contributed by atoms with Crippen LogP contribution in [0, 0.1) is 5.92 Å². The second-order valence-corrected chi connectivity index (χ2v) is 5.73. The molecule has 19 heavy (non-hydrogen) atoms. The van der Waals surface area contributed by atoms with Gasteiger partial charge in [-0.3, -0.25) is 9.69 Å². The van der Waals surface area contributed by atoms with Crippen LogP contribution in [0.4, 0.5) is 13.2 Å². The summed E-state index contributed by atoms with van der Waals surface area (Å²) in [6.45, 7) is 0.356. The van der Waals surface area contributed by atoms with Crippen LogP contribution in [0.25, 0.3) is 0 Å². The molecule has 2 fully saturated rings. The number of carbonyl (C=O) groups is 1. The molecule has 3 atom stereocenters. The zero-order valence-electron chi connectivity index (χ0n) is 10.6. The number of likely N-dealkylation sites (tertiary alicyclic amines) is 1. The van der Waals surface area contributed by atoms with E-state index in [0.717, 1.165) is 6.42 Å². The summed E-state index contributed by atoms with van der Waals surface area (Å²) in [7, 11) is 0. The Balaban J connectivity index is 1.98. The molecular formula is C12H19F3N2O2. The van der Waals surface area contributed by atoms with Gasteiger partial charge in [0.2, 0.25) is 0 Å². The van der Waals surface area contributed by atoms with Gasteiger partial charge in [-0.25, -0.2) is 0 Å². The summed E-state index contributed by atoms with van der Waals surface area (Å²) in [5.74, 6) is -2.34. The lowest BCUT2D eigenvalue weighted by Gasteiger charge is -2.39. The van der Waals surface area contributed by atoms with Crippen LogP contribution in [0.5, 0.6) is 0 Å². The molecule has 1 aliphatic heterocycles. The Bertz CT molecular complexity index is 361. The van der Waals surface area contributed by atoms with Crippen LogP contribution < -0.4 is 5.73 Å². The van der Waals surface area contributed by atoms with E-state index in [2.05, 4.69) is 0 Å². The summed E-state index contributed by atoms with van der Waals surface area (Å²) in [4.78, 5) is 12.9. The number of carboxylic acid groups (broad SMARTS) is 1. The predicted octanol–water partition coefficient (Wildman–Crippen LogP) is 1.60. The van der Waals surface area contributed by atoms with Gasteiger partial charge in [0.25, 0.3) is 0 Å². The van der Waals surface area contributed by atoms with Gasteiger partial charge in [0, 0.05) is 12.6 Å². The molecule has 3 N–H and O–H groups in total. The lowest BCUT2D eigenvalue weighted by Crippen LogP contribution is -2.55. The molecule has 1 aliphatic carbocycles. The van der Waals surface area contributed by atoms with Gasteiger partial charge in [-0.1, -0.05) is 0 Å². The van der Waals surface area contributed by atoms with E-state index in [1.807, 2.05) is 0 Å². The molecule has 0 amide bonds. The topological polar surface area (TPSA) is 66.6 Å². The van der Waals surface area contributed by atoms with Crippen molar-refractivity contribution >= 4 is 5.97 Å². The minimum absolute atomic E-state index is 0.0239. The average Bonchev–Trinajstić information content (AvgIpc) is 2.77. The maximum absolute atomic E-state index is 12.6. The molecule has 0 aromatic rings. The normalized spacial score (nSPS) is 37.5. The van der Waals surface area contributed by atoms with E-state index in [1.165, 1.54) is 0 Å². The van der Waals surface area contributed by atoms with Gasteiger partial charge in [-0.15, -0.1) is 0 Å². The Kier molecular flexibility index (Phi) is 3.79. The second-order valence-electron chi connectivity index (χ2n) is 5.73. The fourth-order valence-corrected chi connectivity index (χ4v) is 3.17. The van der Waals surface area contributed by atoms with Crippen LogP contribution in [0.1, 0.15) is 32.1 Å². The molecular weight excluding hydrogens is 261 g/mol. The Hall–Kier alpha value is -0.820. The highest BCUT2D eigenvalue weighted by Crippen LogP contribution is 2.37. The van der Waals surface area contributed by atoms with Gasteiger partial charge in [0.15, 0.2) is 0 Å². The van der Waals surface area contributed by atoms with Crippen molar-refractivity contribution in [3.63, 3.8) is 0 Å². The molecule has 2 aliphatic rings. The van der Waals surface area contributed by atoms with E-state index in [4.69, 9.17) is 10.8 Å². The first-order valence-electron chi connectivity index (χ1n) is 6.55. The van der Waals surface area contributed by atoms with Crippen LogP contribution in [0.15, 0.2) is 0 Å².